The smallest absolute Gasteiger partial charge is 0.246 e. The van der Waals surface area contributed by atoms with E-state index in [1.54, 1.807) is 19.0 Å². The summed E-state index contributed by atoms with van der Waals surface area (Å²) in [5.74, 6) is 0.0571. The van der Waals surface area contributed by atoms with Crippen molar-refractivity contribution in [2.24, 2.45) is 0 Å². The van der Waals surface area contributed by atoms with Crippen LogP contribution in [0.3, 0.4) is 0 Å². The molecule has 0 radical (unpaired) electrons. The Balaban J connectivity index is 2.38. The highest BCUT2D eigenvalue weighted by molar-refractivity contribution is 5.86. The number of hydrogen-bond donors (Lipinski definition) is 1. The summed E-state index contributed by atoms with van der Waals surface area (Å²) < 4.78 is 0. The molecule has 1 amide bonds. The predicted octanol–water partition coefficient (Wildman–Crippen LogP) is 0.733. The molecule has 1 aromatic rings. The standard InChI is InChI=1S/C15H20N4O/c1-11-4-5-13(12(8-11)9-16)19-7-6-17-10-14(19)15(20)18(2)3/h4-5,8,14,17H,6-7,10H2,1-3H3. The quantitative estimate of drug-likeness (QED) is 0.862. The minimum Gasteiger partial charge on any atom is -0.356 e. The Hall–Kier alpha value is -2.06. The van der Waals surface area contributed by atoms with E-state index in [4.69, 9.17) is 0 Å². The fourth-order valence-electron chi connectivity index (χ4n) is 2.50. The SMILES string of the molecule is Cc1ccc(N2CCNCC2C(=O)N(C)C)c(C#N)c1. The molecule has 1 aromatic carbocycles. The molecular formula is C15H20N4O. The minimum absolute atomic E-state index is 0.0571. The lowest BCUT2D eigenvalue weighted by Gasteiger charge is -2.38. The molecule has 0 spiro atoms. The minimum atomic E-state index is -0.256. The number of amides is 1. The van der Waals surface area contributed by atoms with Gasteiger partial charge in [-0.25, -0.2) is 0 Å². The second kappa shape index (κ2) is 5.93. The fraction of sp³-hybridized carbons (Fsp3) is 0.467. The molecule has 1 saturated heterocycles. The molecule has 1 heterocycles. The Bertz CT molecular complexity index is 547. The maximum atomic E-state index is 12.3. The summed E-state index contributed by atoms with van der Waals surface area (Å²) >= 11 is 0. The second-order valence-electron chi connectivity index (χ2n) is 5.28. The molecule has 20 heavy (non-hydrogen) atoms. The molecule has 0 saturated carbocycles. The number of nitrogens with zero attached hydrogens (tertiary/aromatic N) is 3. The number of nitrogens with one attached hydrogen (secondary N) is 1. The van der Waals surface area contributed by atoms with E-state index < -0.39 is 0 Å². The van der Waals surface area contributed by atoms with E-state index in [1.165, 1.54) is 0 Å². The van der Waals surface area contributed by atoms with Crippen LogP contribution in [0.1, 0.15) is 11.1 Å². The predicted molar refractivity (Wildman–Crippen MR) is 78.6 cm³/mol. The van der Waals surface area contributed by atoms with Crippen LogP contribution in [0.25, 0.3) is 0 Å². The van der Waals surface area contributed by atoms with Gasteiger partial charge in [-0.05, 0) is 24.6 Å². The van der Waals surface area contributed by atoms with E-state index in [0.717, 1.165) is 24.3 Å². The van der Waals surface area contributed by atoms with Gasteiger partial charge in [0.15, 0.2) is 0 Å². The molecule has 1 aliphatic rings. The molecule has 1 unspecified atom stereocenters. The Kier molecular flexibility index (Phi) is 4.26. The van der Waals surface area contributed by atoms with Crippen LogP contribution in [0.5, 0.6) is 0 Å². The van der Waals surface area contributed by atoms with E-state index in [0.29, 0.717) is 12.1 Å². The molecule has 1 atom stereocenters. The fourth-order valence-corrected chi connectivity index (χ4v) is 2.50. The first-order valence-corrected chi connectivity index (χ1v) is 6.74. The average Bonchev–Trinajstić information content (AvgIpc) is 2.46. The van der Waals surface area contributed by atoms with Crippen LogP contribution in [0.15, 0.2) is 18.2 Å². The Morgan fingerprint density at radius 1 is 1.50 bits per heavy atom. The molecule has 1 N–H and O–H groups in total. The summed E-state index contributed by atoms with van der Waals surface area (Å²) in [6, 6.07) is 7.77. The van der Waals surface area contributed by atoms with Crippen LogP contribution in [0, 0.1) is 18.3 Å². The zero-order chi connectivity index (χ0) is 14.7. The van der Waals surface area contributed by atoms with Crippen molar-refractivity contribution in [2.75, 3.05) is 38.6 Å². The summed E-state index contributed by atoms with van der Waals surface area (Å²) in [5, 5.41) is 12.6. The lowest BCUT2D eigenvalue weighted by Crippen LogP contribution is -2.58. The van der Waals surface area contributed by atoms with E-state index in [-0.39, 0.29) is 11.9 Å². The highest BCUT2D eigenvalue weighted by Crippen LogP contribution is 2.24. The summed E-state index contributed by atoms with van der Waals surface area (Å²) in [7, 11) is 3.52. The number of carbonyl (C=O) groups is 1. The third-order valence-corrected chi connectivity index (χ3v) is 3.55. The Labute approximate surface area is 119 Å². The van der Waals surface area contributed by atoms with Gasteiger partial charge in [0.05, 0.1) is 11.3 Å². The van der Waals surface area contributed by atoms with Crippen molar-refractivity contribution in [3.63, 3.8) is 0 Å². The largest absolute Gasteiger partial charge is 0.356 e. The first kappa shape index (κ1) is 14.4. The molecule has 1 fully saturated rings. The van der Waals surface area contributed by atoms with Crippen LogP contribution in [-0.2, 0) is 4.79 Å². The van der Waals surface area contributed by atoms with Crippen LogP contribution < -0.4 is 10.2 Å². The van der Waals surface area contributed by atoms with Crippen molar-refractivity contribution < 1.29 is 4.79 Å². The van der Waals surface area contributed by atoms with Gasteiger partial charge in [-0.15, -0.1) is 0 Å². The van der Waals surface area contributed by atoms with Gasteiger partial charge >= 0.3 is 0 Å². The Morgan fingerprint density at radius 3 is 2.90 bits per heavy atom. The van der Waals surface area contributed by atoms with E-state index in [1.807, 2.05) is 30.0 Å². The van der Waals surface area contributed by atoms with Gasteiger partial charge in [-0.3, -0.25) is 4.79 Å². The number of aryl methyl sites for hydroxylation is 1. The number of piperazine rings is 1. The number of rotatable bonds is 2. The zero-order valence-corrected chi connectivity index (χ0v) is 12.2. The molecule has 5 heteroatoms. The molecule has 0 aromatic heterocycles. The number of hydrogen-bond acceptors (Lipinski definition) is 4. The van der Waals surface area contributed by atoms with Gasteiger partial charge in [0, 0.05) is 33.7 Å². The lowest BCUT2D eigenvalue weighted by molar-refractivity contribution is -0.130. The maximum Gasteiger partial charge on any atom is 0.246 e. The summed E-state index contributed by atoms with van der Waals surface area (Å²) in [4.78, 5) is 16.0. The molecule has 0 bridgehead atoms. The maximum absolute atomic E-state index is 12.3. The average molecular weight is 272 g/mol. The van der Waals surface area contributed by atoms with E-state index in [2.05, 4.69) is 11.4 Å². The summed E-state index contributed by atoms with van der Waals surface area (Å²) in [6.45, 7) is 4.11. The second-order valence-corrected chi connectivity index (χ2v) is 5.28. The van der Waals surface area contributed by atoms with Crippen LogP contribution >= 0.6 is 0 Å². The van der Waals surface area contributed by atoms with Crippen molar-refractivity contribution in [1.29, 1.82) is 5.26 Å². The number of carbonyl (C=O) groups excluding carboxylic acids is 1. The highest BCUT2D eigenvalue weighted by Gasteiger charge is 2.31. The van der Waals surface area contributed by atoms with Gasteiger partial charge in [0.25, 0.3) is 0 Å². The van der Waals surface area contributed by atoms with E-state index in [9.17, 15) is 10.1 Å². The van der Waals surface area contributed by atoms with Crippen molar-refractivity contribution in [3.05, 3.63) is 29.3 Å². The van der Waals surface area contributed by atoms with Gasteiger partial charge in [0.2, 0.25) is 5.91 Å². The van der Waals surface area contributed by atoms with Crippen molar-refractivity contribution >= 4 is 11.6 Å². The monoisotopic (exact) mass is 272 g/mol. The molecule has 106 valence electrons. The molecule has 5 nitrogen and oxygen atoms in total. The first-order valence-electron chi connectivity index (χ1n) is 6.74. The topological polar surface area (TPSA) is 59.4 Å². The summed E-state index contributed by atoms with van der Waals surface area (Å²) in [5.41, 5.74) is 2.53. The van der Waals surface area contributed by atoms with Crippen molar-refractivity contribution in [3.8, 4) is 6.07 Å². The molecule has 1 aliphatic heterocycles. The van der Waals surface area contributed by atoms with Gasteiger partial charge < -0.3 is 15.1 Å². The normalized spacial score (nSPS) is 18.5. The van der Waals surface area contributed by atoms with Crippen LogP contribution in [-0.4, -0.2) is 50.6 Å². The van der Waals surface area contributed by atoms with Crippen LogP contribution in [0.2, 0.25) is 0 Å². The van der Waals surface area contributed by atoms with Crippen molar-refractivity contribution in [2.45, 2.75) is 13.0 Å². The lowest BCUT2D eigenvalue weighted by atomic mass is 10.1. The number of benzene rings is 1. The van der Waals surface area contributed by atoms with Gasteiger partial charge in [0.1, 0.15) is 12.1 Å². The van der Waals surface area contributed by atoms with Crippen LogP contribution in [0.4, 0.5) is 5.69 Å². The third kappa shape index (κ3) is 2.75. The molecular weight excluding hydrogens is 252 g/mol. The molecule has 0 aliphatic carbocycles. The first-order chi connectivity index (χ1) is 9.54. The van der Waals surface area contributed by atoms with Gasteiger partial charge in [-0.2, -0.15) is 5.26 Å². The number of likely N-dealkylation sites (N-methyl/N-ethyl adjacent to an activating group) is 1. The van der Waals surface area contributed by atoms with Gasteiger partial charge in [-0.1, -0.05) is 6.07 Å². The highest BCUT2D eigenvalue weighted by atomic mass is 16.2. The zero-order valence-electron chi connectivity index (χ0n) is 12.2. The van der Waals surface area contributed by atoms with E-state index >= 15 is 0 Å². The Morgan fingerprint density at radius 2 is 2.25 bits per heavy atom. The van der Waals surface area contributed by atoms with Crippen molar-refractivity contribution in [1.82, 2.24) is 10.2 Å². The summed E-state index contributed by atoms with van der Waals surface area (Å²) in [6.07, 6.45) is 0. The molecule has 2 rings (SSSR count). The number of anilines is 1. The third-order valence-electron chi connectivity index (χ3n) is 3.55. The number of nitriles is 1.